The zero-order chi connectivity index (χ0) is 13.0. The molecule has 0 radical (unpaired) electrons. The molecule has 94 valence electrons. The molecule has 0 spiro atoms. The highest BCUT2D eigenvalue weighted by molar-refractivity contribution is 5.92. The Hall–Kier alpha value is -2.10. The molecule has 0 fully saturated rings. The largest absolute Gasteiger partial charge is 0.480 e. The third-order valence-corrected chi connectivity index (χ3v) is 2.99. The van der Waals surface area contributed by atoms with Crippen LogP contribution in [0.15, 0.2) is 42.1 Å². The van der Waals surface area contributed by atoms with Gasteiger partial charge in [-0.15, -0.1) is 0 Å². The minimum Gasteiger partial charge on any atom is -0.480 e. The summed E-state index contributed by atoms with van der Waals surface area (Å²) < 4.78 is 0. The van der Waals surface area contributed by atoms with Gasteiger partial charge in [-0.2, -0.15) is 0 Å². The summed E-state index contributed by atoms with van der Waals surface area (Å²) in [5, 5.41) is 11.4. The molecule has 0 aromatic heterocycles. The Bertz CT molecular complexity index is 479. The van der Waals surface area contributed by atoms with E-state index in [-0.39, 0.29) is 18.2 Å². The molecule has 2 rings (SSSR count). The van der Waals surface area contributed by atoms with Crippen LogP contribution in [0.25, 0.3) is 0 Å². The number of aliphatic carboxylic acids is 1. The van der Waals surface area contributed by atoms with Gasteiger partial charge in [-0.1, -0.05) is 30.3 Å². The average molecular weight is 245 g/mol. The fourth-order valence-electron chi connectivity index (χ4n) is 2.17. The lowest BCUT2D eigenvalue weighted by Gasteiger charge is -2.22. The Morgan fingerprint density at radius 3 is 2.67 bits per heavy atom. The summed E-state index contributed by atoms with van der Waals surface area (Å²) in [6.45, 7) is -0.152. The molecular weight excluding hydrogens is 230 g/mol. The smallest absolute Gasteiger partial charge is 0.322 e. The highest BCUT2D eigenvalue weighted by Gasteiger charge is 2.22. The Balaban J connectivity index is 2.07. The van der Waals surface area contributed by atoms with Gasteiger partial charge in [0, 0.05) is 18.2 Å². The van der Waals surface area contributed by atoms with Gasteiger partial charge in [-0.3, -0.25) is 9.59 Å². The van der Waals surface area contributed by atoms with E-state index in [0.717, 1.165) is 5.56 Å². The van der Waals surface area contributed by atoms with Gasteiger partial charge < -0.3 is 10.4 Å². The summed E-state index contributed by atoms with van der Waals surface area (Å²) in [6, 6.07) is 9.83. The Labute approximate surface area is 105 Å². The average Bonchev–Trinajstić information content (AvgIpc) is 2.37. The van der Waals surface area contributed by atoms with Gasteiger partial charge in [-0.05, 0) is 17.9 Å². The highest BCUT2D eigenvalue weighted by Crippen LogP contribution is 2.30. The van der Waals surface area contributed by atoms with E-state index in [0.29, 0.717) is 18.5 Å². The summed E-state index contributed by atoms with van der Waals surface area (Å²) in [5.74, 6) is -0.742. The fourth-order valence-corrected chi connectivity index (χ4v) is 2.17. The van der Waals surface area contributed by atoms with Gasteiger partial charge in [0.15, 0.2) is 5.78 Å². The Morgan fingerprint density at radius 2 is 2.00 bits per heavy atom. The highest BCUT2D eigenvalue weighted by atomic mass is 16.4. The molecule has 0 saturated carbocycles. The minimum atomic E-state index is -0.926. The number of allylic oxidation sites excluding steroid dienone is 2. The summed E-state index contributed by atoms with van der Waals surface area (Å²) in [6.07, 6.45) is 2.69. The summed E-state index contributed by atoms with van der Waals surface area (Å²) in [4.78, 5) is 22.1. The number of rotatable bonds is 4. The van der Waals surface area contributed by atoms with Crippen LogP contribution in [0, 0.1) is 0 Å². The van der Waals surface area contributed by atoms with Gasteiger partial charge in [0.2, 0.25) is 0 Å². The molecule has 1 aromatic carbocycles. The molecule has 1 aliphatic rings. The van der Waals surface area contributed by atoms with Gasteiger partial charge in [0.05, 0.1) is 0 Å². The number of carboxylic acid groups (broad SMARTS) is 1. The minimum absolute atomic E-state index is 0.0444. The van der Waals surface area contributed by atoms with Crippen molar-refractivity contribution in [1.82, 2.24) is 5.32 Å². The van der Waals surface area contributed by atoms with E-state index in [9.17, 15) is 9.59 Å². The molecule has 0 heterocycles. The zero-order valence-electron chi connectivity index (χ0n) is 9.93. The molecule has 0 saturated heterocycles. The molecule has 1 aliphatic carbocycles. The van der Waals surface area contributed by atoms with Crippen LogP contribution < -0.4 is 5.32 Å². The van der Waals surface area contributed by atoms with Crippen LogP contribution in [0.4, 0.5) is 0 Å². The number of benzene rings is 1. The molecule has 0 aliphatic heterocycles. The van der Waals surface area contributed by atoms with Crippen LogP contribution >= 0.6 is 0 Å². The predicted molar refractivity (Wildman–Crippen MR) is 67.1 cm³/mol. The first-order valence-electron chi connectivity index (χ1n) is 5.89. The van der Waals surface area contributed by atoms with Crippen LogP contribution in [0.2, 0.25) is 0 Å². The number of ketones is 1. The second kappa shape index (κ2) is 5.49. The third kappa shape index (κ3) is 3.20. The first-order chi connectivity index (χ1) is 8.65. The van der Waals surface area contributed by atoms with Crippen molar-refractivity contribution in [2.24, 2.45) is 0 Å². The first-order valence-corrected chi connectivity index (χ1v) is 5.89. The SMILES string of the molecule is O=C(O)CNC1=CC(=O)CC(c2ccccc2)C1. The number of carbonyl (C=O) groups is 2. The van der Waals surface area contributed by atoms with Crippen LogP contribution in [-0.2, 0) is 9.59 Å². The van der Waals surface area contributed by atoms with Crippen molar-refractivity contribution in [1.29, 1.82) is 0 Å². The normalized spacial score (nSPS) is 19.2. The topological polar surface area (TPSA) is 66.4 Å². The zero-order valence-corrected chi connectivity index (χ0v) is 9.93. The van der Waals surface area contributed by atoms with Crippen molar-refractivity contribution in [3.05, 3.63) is 47.7 Å². The van der Waals surface area contributed by atoms with Gasteiger partial charge >= 0.3 is 5.97 Å². The lowest BCUT2D eigenvalue weighted by atomic mass is 9.85. The quantitative estimate of drug-likeness (QED) is 0.847. The van der Waals surface area contributed by atoms with E-state index in [4.69, 9.17) is 5.11 Å². The molecule has 0 amide bonds. The monoisotopic (exact) mass is 245 g/mol. The van der Waals surface area contributed by atoms with Crippen LogP contribution in [-0.4, -0.2) is 23.4 Å². The van der Waals surface area contributed by atoms with Crippen molar-refractivity contribution in [2.45, 2.75) is 18.8 Å². The Kier molecular flexibility index (Phi) is 3.77. The van der Waals surface area contributed by atoms with Gasteiger partial charge in [-0.25, -0.2) is 0 Å². The van der Waals surface area contributed by atoms with E-state index < -0.39 is 5.97 Å². The van der Waals surface area contributed by atoms with E-state index in [1.54, 1.807) is 0 Å². The standard InChI is InChI=1S/C14H15NO3/c16-13-7-11(10-4-2-1-3-5-10)6-12(8-13)15-9-14(17)18/h1-5,8,11,15H,6-7,9H2,(H,17,18). The number of hydrogen-bond donors (Lipinski definition) is 2. The van der Waals surface area contributed by atoms with Crippen molar-refractivity contribution in [3.8, 4) is 0 Å². The van der Waals surface area contributed by atoms with Crippen molar-refractivity contribution >= 4 is 11.8 Å². The molecule has 2 N–H and O–H groups in total. The number of carbonyl (C=O) groups excluding carboxylic acids is 1. The maximum absolute atomic E-state index is 11.6. The maximum atomic E-state index is 11.6. The lowest BCUT2D eigenvalue weighted by Crippen LogP contribution is -2.26. The predicted octanol–water partition coefficient (Wildman–Crippen LogP) is 1.69. The van der Waals surface area contributed by atoms with E-state index in [2.05, 4.69) is 5.32 Å². The van der Waals surface area contributed by atoms with Gasteiger partial charge in [0.1, 0.15) is 6.54 Å². The molecule has 1 aromatic rings. The molecule has 1 atom stereocenters. The van der Waals surface area contributed by atoms with Crippen LogP contribution in [0.3, 0.4) is 0 Å². The molecule has 18 heavy (non-hydrogen) atoms. The van der Waals surface area contributed by atoms with E-state index >= 15 is 0 Å². The molecule has 1 unspecified atom stereocenters. The van der Waals surface area contributed by atoms with E-state index in [1.807, 2.05) is 30.3 Å². The van der Waals surface area contributed by atoms with Gasteiger partial charge in [0.25, 0.3) is 0 Å². The molecule has 0 bridgehead atoms. The lowest BCUT2D eigenvalue weighted by molar-refractivity contribution is -0.135. The first kappa shape index (κ1) is 12.4. The van der Waals surface area contributed by atoms with Crippen LogP contribution in [0.1, 0.15) is 24.3 Å². The number of carboxylic acids is 1. The molecular formula is C14H15NO3. The second-order valence-electron chi connectivity index (χ2n) is 4.40. The molecule has 4 heteroatoms. The third-order valence-electron chi connectivity index (χ3n) is 2.99. The fraction of sp³-hybridized carbons (Fsp3) is 0.286. The summed E-state index contributed by atoms with van der Waals surface area (Å²) in [5.41, 5.74) is 1.83. The second-order valence-corrected chi connectivity index (χ2v) is 4.40. The maximum Gasteiger partial charge on any atom is 0.322 e. The van der Waals surface area contributed by atoms with Crippen molar-refractivity contribution < 1.29 is 14.7 Å². The van der Waals surface area contributed by atoms with Crippen LogP contribution in [0.5, 0.6) is 0 Å². The number of nitrogens with one attached hydrogen (secondary N) is 1. The number of hydrogen-bond acceptors (Lipinski definition) is 3. The Morgan fingerprint density at radius 1 is 1.28 bits per heavy atom. The van der Waals surface area contributed by atoms with Crippen molar-refractivity contribution in [3.63, 3.8) is 0 Å². The van der Waals surface area contributed by atoms with E-state index in [1.165, 1.54) is 6.08 Å². The summed E-state index contributed by atoms with van der Waals surface area (Å²) in [7, 11) is 0. The summed E-state index contributed by atoms with van der Waals surface area (Å²) >= 11 is 0. The molecule has 4 nitrogen and oxygen atoms in total. The van der Waals surface area contributed by atoms with Crippen molar-refractivity contribution in [2.75, 3.05) is 6.54 Å².